The van der Waals surface area contributed by atoms with Gasteiger partial charge in [0.25, 0.3) is 0 Å². The average molecular weight is 264 g/mol. The lowest BCUT2D eigenvalue weighted by atomic mass is 10.0. The molecule has 0 aromatic heterocycles. The Morgan fingerprint density at radius 1 is 1.25 bits per heavy atom. The van der Waals surface area contributed by atoms with Gasteiger partial charge >= 0.3 is 0 Å². The normalized spacial score (nSPS) is 16.5. The predicted octanol–water partition coefficient (Wildman–Crippen LogP) is 3.67. The molecule has 3 heteroatoms. The second kappa shape index (κ2) is 5.26. The Kier molecular flexibility index (Phi) is 3.30. The molecular formula is C17H16N2O. The van der Waals surface area contributed by atoms with Gasteiger partial charge < -0.3 is 10.1 Å². The lowest BCUT2D eigenvalue weighted by Crippen LogP contribution is -2.23. The Labute approximate surface area is 118 Å². The van der Waals surface area contributed by atoms with E-state index in [1.54, 1.807) is 0 Å². The number of aryl methyl sites for hydroxylation is 1. The molecule has 2 aromatic rings. The van der Waals surface area contributed by atoms with E-state index in [0.717, 1.165) is 30.0 Å². The molecule has 0 radical (unpaired) electrons. The number of benzene rings is 2. The van der Waals surface area contributed by atoms with Crippen LogP contribution in [0.2, 0.25) is 0 Å². The minimum absolute atomic E-state index is 0.0114. The highest BCUT2D eigenvalue weighted by Gasteiger charge is 2.20. The van der Waals surface area contributed by atoms with Gasteiger partial charge in [0.05, 0.1) is 23.9 Å². The molecule has 3 rings (SSSR count). The summed E-state index contributed by atoms with van der Waals surface area (Å²) in [6, 6.07) is 16.0. The van der Waals surface area contributed by atoms with Crippen LogP contribution in [0.3, 0.4) is 0 Å². The molecule has 0 saturated carbocycles. The van der Waals surface area contributed by atoms with Crippen LogP contribution < -0.4 is 10.1 Å². The monoisotopic (exact) mass is 264 g/mol. The van der Waals surface area contributed by atoms with Crippen molar-refractivity contribution in [3.63, 3.8) is 0 Å². The van der Waals surface area contributed by atoms with E-state index in [1.807, 2.05) is 30.3 Å². The Hall–Kier alpha value is -2.47. The number of nitriles is 1. The van der Waals surface area contributed by atoms with E-state index in [0.29, 0.717) is 5.56 Å². The van der Waals surface area contributed by atoms with E-state index >= 15 is 0 Å². The average Bonchev–Trinajstić information content (AvgIpc) is 2.54. The Morgan fingerprint density at radius 2 is 2.05 bits per heavy atom. The van der Waals surface area contributed by atoms with Crippen molar-refractivity contribution in [2.75, 3.05) is 11.9 Å². The van der Waals surface area contributed by atoms with Crippen LogP contribution in [-0.2, 0) is 6.42 Å². The van der Waals surface area contributed by atoms with Crippen molar-refractivity contribution in [3.05, 3.63) is 59.2 Å². The lowest BCUT2D eigenvalue weighted by Gasteiger charge is -2.28. The van der Waals surface area contributed by atoms with Crippen LogP contribution in [0.1, 0.15) is 29.7 Å². The molecule has 0 aliphatic carbocycles. The van der Waals surface area contributed by atoms with Crippen LogP contribution in [-0.4, -0.2) is 6.54 Å². The highest BCUT2D eigenvalue weighted by Crippen LogP contribution is 2.34. The first-order valence-corrected chi connectivity index (χ1v) is 6.83. The summed E-state index contributed by atoms with van der Waals surface area (Å²) in [6.07, 6.45) is 1.01. The molecule has 1 atom stereocenters. The van der Waals surface area contributed by atoms with Gasteiger partial charge in [-0.1, -0.05) is 25.1 Å². The fraction of sp³-hybridized carbons (Fsp3) is 0.235. The molecule has 0 saturated heterocycles. The van der Waals surface area contributed by atoms with Crippen LogP contribution in [0.5, 0.6) is 5.75 Å². The first-order valence-electron chi connectivity index (χ1n) is 6.83. The van der Waals surface area contributed by atoms with E-state index < -0.39 is 0 Å². The van der Waals surface area contributed by atoms with Crippen molar-refractivity contribution in [1.82, 2.24) is 0 Å². The molecule has 0 bridgehead atoms. The molecule has 3 nitrogen and oxygen atoms in total. The van der Waals surface area contributed by atoms with Gasteiger partial charge in [0, 0.05) is 0 Å². The van der Waals surface area contributed by atoms with Crippen molar-refractivity contribution in [1.29, 1.82) is 5.26 Å². The molecule has 1 unspecified atom stereocenters. The second-order valence-electron chi connectivity index (χ2n) is 4.91. The van der Waals surface area contributed by atoms with Gasteiger partial charge in [0.2, 0.25) is 0 Å². The zero-order valence-electron chi connectivity index (χ0n) is 11.4. The summed E-state index contributed by atoms with van der Waals surface area (Å²) < 4.78 is 6.05. The maximum atomic E-state index is 8.82. The fourth-order valence-electron chi connectivity index (χ4n) is 2.39. The first kappa shape index (κ1) is 12.6. The topological polar surface area (TPSA) is 45.0 Å². The van der Waals surface area contributed by atoms with E-state index in [4.69, 9.17) is 10.00 Å². The van der Waals surface area contributed by atoms with Crippen molar-refractivity contribution < 1.29 is 4.74 Å². The minimum atomic E-state index is -0.0114. The molecule has 0 amide bonds. The number of hydrogen-bond donors (Lipinski definition) is 1. The van der Waals surface area contributed by atoms with Gasteiger partial charge in [0.15, 0.2) is 0 Å². The lowest BCUT2D eigenvalue weighted by molar-refractivity contribution is 0.210. The van der Waals surface area contributed by atoms with Crippen molar-refractivity contribution in [2.24, 2.45) is 0 Å². The first-order chi connectivity index (χ1) is 9.80. The summed E-state index contributed by atoms with van der Waals surface area (Å²) in [5.41, 5.74) is 4.12. The molecule has 1 aliphatic rings. The fourth-order valence-corrected chi connectivity index (χ4v) is 2.39. The number of ether oxygens (including phenoxy) is 1. The van der Waals surface area contributed by atoms with Gasteiger partial charge in [-0.15, -0.1) is 0 Å². The second-order valence-corrected chi connectivity index (χ2v) is 4.91. The van der Waals surface area contributed by atoms with E-state index in [9.17, 15) is 0 Å². The van der Waals surface area contributed by atoms with Crippen molar-refractivity contribution in [2.45, 2.75) is 19.4 Å². The summed E-state index contributed by atoms with van der Waals surface area (Å²) in [5.74, 6) is 0.891. The van der Waals surface area contributed by atoms with Crippen LogP contribution in [0.25, 0.3) is 0 Å². The Balaban J connectivity index is 1.82. The van der Waals surface area contributed by atoms with Gasteiger partial charge in [-0.3, -0.25) is 0 Å². The molecular weight excluding hydrogens is 248 g/mol. The number of nitrogens with zero attached hydrogens (tertiary/aromatic N) is 1. The van der Waals surface area contributed by atoms with Crippen LogP contribution in [0, 0.1) is 11.3 Å². The molecule has 0 fully saturated rings. The molecule has 100 valence electrons. The number of rotatable bonds is 2. The van der Waals surface area contributed by atoms with Crippen LogP contribution >= 0.6 is 0 Å². The third kappa shape index (κ3) is 2.33. The summed E-state index contributed by atoms with van der Waals surface area (Å²) >= 11 is 0. The van der Waals surface area contributed by atoms with Gasteiger partial charge in [-0.05, 0) is 41.8 Å². The highest BCUT2D eigenvalue weighted by molar-refractivity contribution is 5.60. The number of fused-ring (bicyclic) bond motifs is 1. The van der Waals surface area contributed by atoms with Gasteiger partial charge in [0.1, 0.15) is 11.9 Å². The highest BCUT2D eigenvalue weighted by atomic mass is 16.5. The summed E-state index contributed by atoms with van der Waals surface area (Å²) in [7, 11) is 0. The summed E-state index contributed by atoms with van der Waals surface area (Å²) in [5, 5.41) is 12.2. The van der Waals surface area contributed by atoms with E-state index in [2.05, 4.69) is 30.4 Å². The van der Waals surface area contributed by atoms with E-state index in [1.165, 1.54) is 5.56 Å². The number of nitrogens with one attached hydrogen (secondary N) is 1. The summed E-state index contributed by atoms with van der Waals surface area (Å²) in [6.45, 7) is 2.89. The van der Waals surface area contributed by atoms with Gasteiger partial charge in [-0.2, -0.15) is 5.26 Å². The maximum absolute atomic E-state index is 8.82. The minimum Gasteiger partial charge on any atom is -0.482 e. The quantitative estimate of drug-likeness (QED) is 0.900. The Morgan fingerprint density at radius 3 is 2.75 bits per heavy atom. The predicted molar refractivity (Wildman–Crippen MR) is 78.8 cm³/mol. The molecule has 20 heavy (non-hydrogen) atoms. The Bertz CT molecular complexity index is 656. The van der Waals surface area contributed by atoms with Crippen LogP contribution in [0.15, 0.2) is 42.5 Å². The molecule has 0 spiro atoms. The third-order valence-electron chi connectivity index (χ3n) is 3.61. The zero-order chi connectivity index (χ0) is 13.9. The molecule has 1 heterocycles. The summed E-state index contributed by atoms with van der Waals surface area (Å²) in [4.78, 5) is 0. The zero-order valence-corrected chi connectivity index (χ0v) is 11.4. The number of hydrogen-bond acceptors (Lipinski definition) is 3. The maximum Gasteiger partial charge on any atom is 0.143 e. The molecule has 1 N–H and O–H groups in total. The van der Waals surface area contributed by atoms with Crippen molar-refractivity contribution in [3.8, 4) is 11.8 Å². The smallest absolute Gasteiger partial charge is 0.143 e. The molecule has 2 aromatic carbocycles. The largest absolute Gasteiger partial charge is 0.482 e. The SMILES string of the molecule is CCc1ccc2c(c1)NCC(c1ccc(C#N)cc1)O2. The standard InChI is InChI=1S/C17H16N2O/c1-2-12-5-8-16-15(9-12)19-11-17(20-16)14-6-3-13(10-18)4-7-14/h3-9,17,19H,2,11H2,1H3. The van der Waals surface area contributed by atoms with Crippen molar-refractivity contribution >= 4 is 5.69 Å². The third-order valence-corrected chi connectivity index (χ3v) is 3.61. The molecule has 1 aliphatic heterocycles. The van der Waals surface area contributed by atoms with Gasteiger partial charge in [-0.25, -0.2) is 0 Å². The number of anilines is 1. The van der Waals surface area contributed by atoms with Crippen LogP contribution in [0.4, 0.5) is 5.69 Å². The van der Waals surface area contributed by atoms with E-state index in [-0.39, 0.29) is 6.10 Å².